The maximum Gasteiger partial charge on any atom is 0.323 e. The van der Waals surface area contributed by atoms with Crippen LogP contribution in [0, 0.1) is 0 Å². The lowest BCUT2D eigenvalue weighted by atomic mass is 10.2. The van der Waals surface area contributed by atoms with E-state index in [1.165, 1.54) is 0 Å². The number of amides is 2. The van der Waals surface area contributed by atoms with Crippen LogP contribution in [0.4, 0.5) is 10.5 Å². The summed E-state index contributed by atoms with van der Waals surface area (Å²) >= 11 is 0. The standard InChI is InChI=1S/C15H22N2O3/c1-5-19-13-8-7-12(9-14(13)20-6-2)17-15(18)16-10-11(3)4/h7-10H,5-6H2,1-4H3,(H2,16,17,18). The van der Waals surface area contributed by atoms with Gasteiger partial charge in [0, 0.05) is 18.0 Å². The van der Waals surface area contributed by atoms with E-state index in [9.17, 15) is 4.79 Å². The van der Waals surface area contributed by atoms with Gasteiger partial charge >= 0.3 is 6.03 Å². The van der Waals surface area contributed by atoms with Crippen molar-refractivity contribution >= 4 is 11.7 Å². The van der Waals surface area contributed by atoms with E-state index in [2.05, 4.69) is 10.6 Å². The first kappa shape index (κ1) is 15.9. The van der Waals surface area contributed by atoms with Crippen molar-refractivity contribution in [3.8, 4) is 11.5 Å². The molecule has 0 fully saturated rings. The van der Waals surface area contributed by atoms with Crippen LogP contribution in [-0.2, 0) is 0 Å². The predicted octanol–water partition coefficient (Wildman–Crippen LogP) is 3.53. The van der Waals surface area contributed by atoms with Gasteiger partial charge in [-0.05, 0) is 39.8 Å². The number of hydrogen-bond donors (Lipinski definition) is 2. The number of allylic oxidation sites excluding steroid dienone is 1. The summed E-state index contributed by atoms with van der Waals surface area (Å²) in [5.41, 5.74) is 1.67. The summed E-state index contributed by atoms with van der Waals surface area (Å²) in [6.45, 7) is 8.72. The zero-order chi connectivity index (χ0) is 15.0. The minimum Gasteiger partial charge on any atom is -0.490 e. The average molecular weight is 278 g/mol. The highest BCUT2D eigenvalue weighted by atomic mass is 16.5. The SMILES string of the molecule is CCOc1ccc(NC(=O)NC=C(C)C)cc1OCC. The molecule has 0 aliphatic heterocycles. The van der Waals surface area contributed by atoms with Gasteiger partial charge in [0.2, 0.25) is 0 Å². The van der Waals surface area contributed by atoms with E-state index < -0.39 is 0 Å². The maximum atomic E-state index is 11.7. The molecule has 0 bridgehead atoms. The molecule has 0 unspecified atom stereocenters. The van der Waals surface area contributed by atoms with Crippen LogP contribution in [-0.4, -0.2) is 19.2 Å². The topological polar surface area (TPSA) is 59.6 Å². The fourth-order valence-corrected chi connectivity index (χ4v) is 1.51. The summed E-state index contributed by atoms with van der Waals surface area (Å²) < 4.78 is 11.0. The van der Waals surface area contributed by atoms with Crippen molar-refractivity contribution in [3.05, 3.63) is 30.0 Å². The van der Waals surface area contributed by atoms with E-state index in [-0.39, 0.29) is 6.03 Å². The van der Waals surface area contributed by atoms with Gasteiger partial charge in [-0.2, -0.15) is 0 Å². The van der Waals surface area contributed by atoms with E-state index in [4.69, 9.17) is 9.47 Å². The number of hydrogen-bond acceptors (Lipinski definition) is 3. The van der Waals surface area contributed by atoms with Gasteiger partial charge < -0.3 is 20.1 Å². The normalized spacial score (nSPS) is 9.60. The lowest BCUT2D eigenvalue weighted by Gasteiger charge is -2.13. The Kier molecular flexibility index (Phi) is 6.43. The number of nitrogens with one attached hydrogen (secondary N) is 2. The van der Waals surface area contributed by atoms with Gasteiger partial charge in [0.1, 0.15) is 0 Å². The molecular weight excluding hydrogens is 256 g/mol. The largest absolute Gasteiger partial charge is 0.490 e. The lowest BCUT2D eigenvalue weighted by Crippen LogP contribution is -2.24. The number of anilines is 1. The number of carbonyl (C=O) groups is 1. The van der Waals surface area contributed by atoms with Gasteiger partial charge in [0.25, 0.3) is 0 Å². The minimum atomic E-state index is -0.294. The molecule has 0 saturated carbocycles. The molecule has 0 spiro atoms. The molecule has 0 aliphatic rings. The van der Waals surface area contributed by atoms with Crippen LogP contribution in [0.15, 0.2) is 30.0 Å². The fraction of sp³-hybridized carbons (Fsp3) is 0.400. The number of ether oxygens (including phenoxy) is 2. The molecular formula is C15H22N2O3. The molecule has 5 nitrogen and oxygen atoms in total. The third kappa shape index (κ3) is 5.22. The molecule has 20 heavy (non-hydrogen) atoms. The van der Waals surface area contributed by atoms with Crippen molar-refractivity contribution in [2.45, 2.75) is 27.7 Å². The Bertz CT molecular complexity index is 480. The zero-order valence-electron chi connectivity index (χ0n) is 12.4. The van der Waals surface area contributed by atoms with Crippen LogP contribution in [0.1, 0.15) is 27.7 Å². The lowest BCUT2D eigenvalue weighted by molar-refractivity contribution is 0.255. The average Bonchev–Trinajstić information content (AvgIpc) is 2.40. The quantitative estimate of drug-likeness (QED) is 0.837. The van der Waals surface area contributed by atoms with Crippen molar-refractivity contribution in [1.29, 1.82) is 0 Å². The fourth-order valence-electron chi connectivity index (χ4n) is 1.51. The summed E-state index contributed by atoms with van der Waals surface area (Å²) in [4.78, 5) is 11.7. The van der Waals surface area contributed by atoms with E-state index >= 15 is 0 Å². The van der Waals surface area contributed by atoms with Gasteiger partial charge in [-0.25, -0.2) is 4.79 Å². The molecule has 5 heteroatoms. The monoisotopic (exact) mass is 278 g/mol. The molecule has 0 heterocycles. The molecule has 0 aliphatic carbocycles. The number of benzene rings is 1. The van der Waals surface area contributed by atoms with Gasteiger partial charge in [-0.1, -0.05) is 5.57 Å². The van der Waals surface area contributed by atoms with Crippen LogP contribution < -0.4 is 20.1 Å². The summed E-state index contributed by atoms with van der Waals surface area (Å²) in [5, 5.41) is 5.37. The van der Waals surface area contributed by atoms with Gasteiger partial charge in [0.05, 0.1) is 13.2 Å². The Morgan fingerprint density at radius 3 is 2.40 bits per heavy atom. The first-order chi connectivity index (χ1) is 9.56. The van der Waals surface area contributed by atoms with Crippen LogP contribution in [0.25, 0.3) is 0 Å². The van der Waals surface area contributed by atoms with Crippen molar-refractivity contribution in [3.63, 3.8) is 0 Å². The molecule has 0 saturated heterocycles. The van der Waals surface area contributed by atoms with Crippen molar-refractivity contribution in [1.82, 2.24) is 5.32 Å². The summed E-state index contributed by atoms with van der Waals surface area (Å²) in [6, 6.07) is 5.01. The van der Waals surface area contributed by atoms with Gasteiger partial charge in [0.15, 0.2) is 11.5 Å². The molecule has 1 rings (SSSR count). The van der Waals surface area contributed by atoms with Gasteiger partial charge in [-0.3, -0.25) is 0 Å². The minimum absolute atomic E-state index is 0.294. The first-order valence-corrected chi connectivity index (χ1v) is 6.67. The Balaban J connectivity index is 2.78. The summed E-state index contributed by atoms with van der Waals surface area (Å²) in [6.07, 6.45) is 1.65. The van der Waals surface area contributed by atoms with Crippen molar-refractivity contribution in [2.24, 2.45) is 0 Å². The highest BCUT2D eigenvalue weighted by Crippen LogP contribution is 2.30. The van der Waals surface area contributed by atoms with E-state index in [1.54, 1.807) is 24.4 Å². The second kappa shape index (κ2) is 8.09. The van der Waals surface area contributed by atoms with Crippen LogP contribution >= 0.6 is 0 Å². The van der Waals surface area contributed by atoms with E-state index in [0.717, 1.165) is 5.57 Å². The molecule has 2 N–H and O–H groups in total. The summed E-state index contributed by atoms with van der Waals surface area (Å²) in [5.74, 6) is 1.29. The Labute approximate surface area is 120 Å². The third-order valence-electron chi connectivity index (χ3n) is 2.29. The molecule has 1 aromatic carbocycles. The summed E-state index contributed by atoms with van der Waals surface area (Å²) in [7, 11) is 0. The van der Waals surface area contributed by atoms with Crippen LogP contribution in [0.3, 0.4) is 0 Å². The highest BCUT2D eigenvalue weighted by molar-refractivity contribution is 5.90. The molecule has 0 radical (unpaired) electrons. The van der Waals surface area contributed by atoms with E-state index in [0.29, 0.717) is 30.4 Å². The Morgan fingerprint density at radius 2 is 1.80 bits per heavy atom. The van der Waals surface area contributed by atoms with Gasteiger partial charge in [-0.15, -0.1) is 0 Å². The number of urea groups is 1. The predicted molar refractivity (Wildman–Crippen MR) is 80.4 cm³/mol. The van der Waals surface area contributed by atoms with Crippen molar-refractivity contribution in [2.75, 3.05) is 18.5 Å². The second-order valence-corrected chi connectivity index (χ2v) is 4.35. The Morgan fingerprint density at radius 1 is 1.15 bits per heavy atom. The zero-order valence-corrected chi connectivity index (χ0v) is 12.4. The van der Waals surface area contributed by atoms with E-state index in [1.807, 2.05) is 27.7 Å². The second-order valence-electron chi connectivity index (χ2n) is 4.35. The first-order valence-electron chi connectivity index (χ1n) is 6.67. The van der Waals surface area contributed by atoms with Crippen LogP contribution in [0.5, 0.6) is 11.5 Å². The molecule has 0 aromatic heterocycles. The third-order valence-corrected chi connectivity index (χ3v) is 2.29. The highest BCUT2D eigenvalue weighted by Gasteiger charge is 2.07. The number of carbonyl (C=O) groups excluding carboxylic acids is 1. The van der Waals surface area contributed by atoms with Crippen LogP contribution in [0.2, 0.25) is 0 Å². The molecule has 2 amide bonds. The molecule has 1 aromatic rings. The maximum absolute atomic E-state index is 11.7. The Hall–Kier alpha value is -2.17. The smallest absolute Gasteiger partial charge is 0.323 e. The number of rotatable bonds is 6. The molecule has 110 valence electrons. The molecule has 0 atom stereocenters. The van der Waals surface area contributed by atoms with Crippen molar-refractivity contribution < 1.29 is 14.3 Å².